The highest BCUT2D eigenvalue weighted by molar-refractivity contribution is 5.95. The number of hydrogen-bond acceptors (Lipinski definition) is 2. The molecule has 1 rings (SSSR count). The van der Waals surface area contributed by atoms with E-state index in [-0.39, 0.29) is 23.8 Å². The van der Waals surface area contributed by atoms with Crippen molar-refractivity contribution < 1.29 is 9.59 Å². The van der Waals surface area contributed by atoms with E-state index in [1.165, 1.54) is 0 Å². The molecule has 0 atom stereocenters. The molecule has 4 heteroatoms. The van der Waals surface area contributed by atoms with Crippen molar-refractivity contribution in [1.29, 1.82) is 0 Å². The standard InChI is InChI=1S/C16H24N2O2/c1-5-12-8-6-7-9-13(12)18-15(20)11-17-14(19)10-16(2,3)4/h6-9H,5,10-11H2,1-4H3,(H,17,19)(H,18,20). The Morgan fingerprint density at radius 2 is 1.75 bits per heavy atom. The van der Waals surface area contributed by atoms with Crippen LogP contribution in [0.1, 0.15) is 39.7 Å². The predicted octanol–water partition coefficient (Wildman–Crippen LogP) is 2.74. The number of benzene rings is 1. The van der Waals surface area contributed by atoms with Crippen LogP contribution < -0.4 is 10.6 Å². The number of hydrogen-bond donors (Lipinski definition) is 2. The summed E-state index contributed by atoms with van der Waals surface area (Å²) in [6.45, 7) is 8.02. The van der Waals surface area contributed by atoms with Gasteiger partial charge in [0.2, 0.25) is 11.8 Å². The van der Waals surface area contributed by atoms with Crippen molar-refractivity contribution in [2.75, 3.05) is 11.9 Å². The normalized spacial score (nSPS) is 11.0. The second-order valence-corrected chi connectivity index (χ2v) is 6.07. The monoisotopic (exact) mass is 276 g/mol. The van der Waals surface area contributed by atoms with Crippen LogP contribution in [0.3, 0.4) is 0 Å². The maximum atomic E-state index is 11.8. The molecule has 0 radical (unpaired) electrons. The lowest BCUT2D eigenvalue weighted by atomic mass is 9.92. The van der Waals surface area contributed by atoms with Crippen molar-refractivity contribution in [1.82, 2.24) is 5.32 Å². The molecule has 20 heavy (non-hydrogen) atoms. The minimum absolute atomic E-state index is 0.00691. The molecule has 0 fully saturated rings. The molecule has 0 heterocycles. The molecule has 1 aromatic carbocycles. The minimum Gasteiger partial charge on any atom is -0.347 e. The van der Waals surface area contributed by atoms with E-state index in [4.69, 9.17) is 0 Å². The first-order valence-corrected chi connectivity index (χ1v) is 6.96. The lowest BCUT2D eigenvalue weighted by Gasteiger charge is -2.17. The van der Waals surface area contributed by atoms with Gasteiger partial charge in [-0.1, -0.05) is 45.9 Å². The predicted molar refractivity (Wildman–Crippen MR) is 81.5 cm³/mol. The summed E-state index contributed by atoms with van der Waals surface area (Å²) in [5.41, 5.74) is 1.82. The number of carbonyl (C=O) groups is 2. The van der Waals surface area contributed by atoms with E-state index in [1.807, 2.05) is 52.0 Å². The fraction of sp³-hybridized carbons (Fsp3) is 0.500. The zero-order chi connectivity index (χ0) is 15.2. The number of anilines is 1. The third kappa shape index (κ3) is 5.87. The summed E-state index contributed by atoms with van der Waals surface area (Å²) in [7, 11) is 0. The molecule has 0 saturated carbocycles. The smallest absolute Gasteiger partial charge is 0.243 e. The van der Waals surface area contributed by atoms with Crippen molar-refractivity contribution in [3.05, 3.63) is 29.8 Å². The molecular weight excluding hydrogens is 252 g/mol. The minimum atomic E-state index is -0.201. The second-order valence-electron chi connectivity index (χ2n) is 6.07. The van der Waals surface area contributed by atoms with Crippen LogP contribution in [0, 0.1) is 5.41 Å². The number of aryl methyl sites for hydroxylation is 1. The van der Waals surface area contributed by atoms with Crippen LogP contribution in [0.2, 0.25) is 0 Å². The summed E-state index contributed by atoms with van der Waals surface area (Å²) < 4.78 is 0. The van der Waals surface area contributed by atoms with Crippen LogP contribution in [-0.4, -0.2) is 18.4 Å². The van der Waals surface area contributed by atoms with Gasteiger partial charge in [-0.25, -0.2) is 0 Å². The topological polar surface area (TPSA) is 58.2 Å². The molecule has 0 aromatic heterocycles. The highest BCUT2D eigenvalue weighted by Gasteiger charge is 2.16. The Kier molecular flexibility index (Phi) is 5.74. The van der Waals surface area contributed by atoms with Gasteiger partial charge in [-0.05, 0) is 23.5 Å². The van der Waals surface area contributed by atoms with Crippen molar-refractivity contribution in [2.24, 2.45) is 5.41 Å². The van der Waals surface area contributed by atoms with Crippen molar-refractivity contribution in [3.63, 3.8) is 0 Å². The molecular formula is C16H24N2O2. The van der Waals surface area contributed by atoms with E-state index in [9.17, 15) is 9.59 Å². The quantitative estimate of drug-likeness (QED) is 0.868. The lowest BCUT2D eigenvalue weighted by Crippen LogP contribution is -2.34. The van der Waals surface area contributed by atoms with Gasteiger partial charge in [-0.2, -0.15) is 0 Å². The summed E-state index contributed by atoms with van der Waals surface area (Å²) in [4.78, 5) is 23.5. The number of carbonyl (C=O) groups excluding carboxylic acids is 2. The van der Waals surface area contributed by atoms with Crippen LogP contribution in [0.5, 0.6) is 0 Å². The van der Waals surface area contributed by atoms with E-state index in [0.29, 0.717) is 6.42 Å². The van der Waals surface area contributed by atoms with Gasteiger partial charge in [0.15, 0.2) is 0 Å². The fourth-order valence-corrected chi connectivity index (χ4v) is 1.87. The van der Waals surface area contributed by atoms with Crippen LogP contribution in [-0.2, 0) is 16.0 Å². The maximum absolute atomic E-state index is 11.8. The summed E-state index contributed by atoms with van der Waals surface area (Å²) in [5.74, 6) is -0.301. The summed E-state index contributed by atoms with van der Waals surface area (Å²) in [5, 5.41) is 5.47. The fourth-order valence-electron chi connectivity index (χ4n) is 1.87. The van der Waals surface area contributed by atoms with Gasteiger partial charge in [0.1, 0.15) is 0 Å². The maximum Gasteiger partial charge on any atom is 0.243 e. The van der Waals surface area contributed by atoms with E-state index in [1.54, 1.807) is 0 Å². The lowest BCUT2D eigenvalue weighted by molar-refractivity contribution is -0.125. The third-order valence-corrected chi connectivity index (χ3v) is 2.81. The van der Waals surface area contributed by atoms with E-state index in [0.717, 1.165) is 17.7 Å². The van der Waals surface area contributed by atoms with Gasteiger partial charge in [0, 0.05) is 12.1 Å². The molecule has 2 N–H and O–H groups in total. The number of amides is 2. The van der Waals surface area contributed by atoms with Crippen molar-refractivity contribution in [3.8, 4) is 0 Å². The Hall–Kier alpha value is -1.84. The highest BCUT2D eigenvalue weighted by atomic mass is 16.2. The van der Waals surface area contributed by atoms with Crippen LogP contribution in [0.15, 0.2) is 24.3 Å². The Bertz CT molecular complexity index is 476. The van der Waals surface area contributed by atoms with Gasteiger partial charge in [0.05, 0.1) is 6.54 Å². The summed E-state index contributed by atoms with van der Waals surface area (Å²) in [6.07, 6.45) is 1.26. The molecule has 0 spiro atoms. The molecule has 0 aliphatic carbocycles. The molecule has 4 nitrogen and oxygen atoms in total. The second kappa shape index (κ2) is 7.08. The van der Waals surface area contributed by atoms with Gasteiger partial charge >= 0.3 is 0 Å². The molecule has 110 valence electrons. The van der Waals surface area contributed by atoms with Crippen LogP contribution in [0.4, 0.5) is 5.69 Å². The Balaban J connectivity index is 2.46. The molecule has 0 saturated heterocycles. The zero-order valence-electron chi connectivity index (χ0n) is 12.7. The van der Waals surface area contributed by atoms with Gasteiger partial charge in [0.25, 0.3) is 0 Å². The number of rotatable bonds is 5. The first-order valence-electron chi connectivity index (χ1n) is 6.96. The SMILES string of the molecule is CCc1ccccc1NC(=O)CNC(=O)CC(C)(C)C. The Labute approximate surface area is 121 Å². The highest BCUT2D eigenvalue weighted by Crippen LogP contribution is 2.18. The molecule has 0 unspecified atom stereocenters. The number of nitrogens with one attached hydrogen (secondary N) is 2. The van der Waals surface area contributed by atoms with Gasteiger partial charge in [-0.3, -0.25) is 9.59 Å². The Morgan fingerprint density at radius 1 is 1.10 bits per heavy atom. The van der Waals surface area contributed by atoms with E-state index in [2.05, 4.69) is 10.6 Å². The first kappa shape index (κ1) is 16.2. The molecule has 0 aliphatic rings. The average Bonchev–Trinajstić information content (AvgIpc) is 2.35. The van der Waals surface area contributed by atoms with Crippen LogP contribution >= 0.6 is 0 Å². The van der Waals surface area contributed by atoms with Gasteiger partial charge < -0.3 is 10.6 Å². The first-order chi connectivity index (χ1) is 9.31. The molecule has 0 aliphatic heterocycles. The molecule has 1 aromatic rings. The summed E-state index contributed by atoms with van der Waals surface area (Å²) in [6, 6.07) is 7.67. The molecule has 2 amide bonds. The molecule has 0 bridgehead atoms. The van der Waals surface area contributed by atoms with Crippen LogP contribution in [0.25, 0.3) is 0 Å². The largest absolute Gasteiger partial charge is 0.347 e. The van der Waals surface area contributed by atoms with Gasteiger partial charge in [-0.15, -0.1) is 0 Å². The average molecular weight is 276 g/mol. The third-order valence-electron chi connectivity index (χ3n) is 2.81. The van der Waals surface area contributed by atoms with E-state index >= 15 is 0 Å². The van der Waals surface area contributed by atoms with E-state index < -0.39 is 0 Å². The number of para-hydroxylation sites is 1. The Morgan fingerprint density at radius 3 is 2.35 bits per heavy atom. The van der Waals surface area contributed by atoms with Crippen molar-refractivity contribution in [2.45, 2.75) is 40.5 Å². The summed E-state index contributed by atoms with van der Waals surface area (Å²) >= 11 is 0. The zero-order valence-corrected chi connectivity index (χ0v) is 12.7. The van der Waals surface area contributed by atoms with Crippen molar-refractivity contribution >= 4 is 17.5 Å².